The predicted octanol–water partition coefficient (Wildman–Crippen LogP) is 2.46. The first-order valence-corrected chi connectivity index (χ1v) is 20.6. The fourth-order valence-corrected chi connectivity index (χ4v) is 11.6. The molecule has 1 amide bonds. The van der Waals surface area contributed by atoms with Crippen LogP contribution in [0.2, 0.25) is 0 Å². The van der Waals surface area contributed by atoms with E-state index in [2.05, 4.69) is 23.8 Å². The minimum Gasteiger partial charge on any atom is -0.0622 e. The van der Waals surface area contributed by atoms with Crippen LogP contribution in [0.1, 0.15) is 28.8 Å². The quantitative estimate of drug-likeness (QED) is 0.190. The molecule has 0 radical (unpaired) electrons. The Labute approximate surface area is 233 Å². The summed E-state index contributed by atoms with van der Waals surface area (Å²) in [5.74, 6) is 2.21. The summed E-state index contributed by atoms with van der Waals surface area (Å²) in [7, 11) is 0. The van der Waals surface area contributed by atoms with Crippen molar-refractivity contribution in [2.24, 2.45) is 4.99 Å². The van der Waals surface area contributed by atoms with Gasteiger partial charge in [0.15, 0.2) is 0 Å². The Bertz CT molecular complexity index is 1400. The summed E-state index contributed by atoms with van der Waals surface area (Å²) in [5.41, 5.74) is 4.31. The van der Waals surface area contributed by atoms with E-state index in [0.29, 0.717) is 18.7 Å². The Morgan fingerprint density at radius 3 is 2.57 bits per heavy atom. The molecule has 0 fully saturated rings. The average molecular weight is 717 g/mol. The molecule has 2 aliphatic heterocycles. The number of aliphatic imine (C=N–C) groups is 1. The van der Waals surface area contributed by atoms with E-state index >= 15 is 0 Å². The van der Waals surface area contributed by atoms with Crippen molar-refractivity contribution >= 4 is 38.2 Å². The Kier molecular flexibility index (Phi) is 8.67. The molecule has 3 aromatic carbocycles. The minimum absolute atomic E-state index is 0.0487. The molecule has 3 N–H and O–H groups in total. The Balaban J connectivity index is 1.19. The van der Waals surface area contributed by atoms with Gasteiger partial charge in [0.2, 0.25) is 0 Å². The predicted molar refractivity (Wildman–Crippen MR) is 155 cm³/mol. The van der Waals surface area contributed by atoms with Crippen LogP contribution in [-0.2, 0) is 0 Å². The number of carbonyl (C=O) groups excluding carboxylic acids is 1. The number of hydrogen-bond acceptors (Lipinski definition) is 4. The topological polar surface area (TPSA) is 77.0 Å². The van der Waals surface area contributed by atoms with Gasteiger partial charge in [-0.3, -0.25) is 0 Å². The molecule has 3 aromatic rings. The summed E-state index contributed by atoms with van der Waals surface area (Å²) >= 11 is -0.0322. The molecule has 0 saturated heterocycles. The van der Waals surface area contributed by atoms with Crippen LogP contribution in [0.4, 0.5) is 0 Å². The fourth-order valence-electron chi connectivity index (χ4n) is 4.08. The van der Waals surface area contributed by atoms with Crippen molar-refractivity contribution in [3.63, 3.8) is 0 Å². The first-order valence-electron chi connectivity index (χ1n) is 12.1. The number of rotatable bonds is 8. The minimum atomic E-state index is -0.109. The van der Waals surface area contributed by atoms with E-state index in [0.717, 1.165) is 46.9 Å². The number of amides is 1. The molecule has 0 unspecified atom stereocenters. The van der Waals surface area contributed by atoms with E-state index in [-0.39, 0.29) is 45.9 Å². The zero-order chi connectivity index (χ0) is 25.5. The molecule has 0 aromatic heterocycles. The van der Waals surface area contributed by atoms with Crippen molar-refractivity contribution in [2.75, 3.05) is 13.1 Å². The van der Waals surface area contributed by atoms with Crippen LogP contribution in [0.5, 0.6) is 5.75 Å². The number of aromatic hydroxyl groups is 1. The average Bonchev–Trinajstić information content (AvgIpc) is 2.95. The van der Waals surface area contributed by atoms with Crippen molar-refractivity contribution < 1.29 is 27.4 Å². The molecule has 8 heteroatoms. The van der Waals surface area contributed by atoms with Crippen LogP contribution in [0, 0.1) is 0 Å². The molecule has 0 atom stereocenters. The van der Waals surface area contributed by atoms with Gasteiger partial charge in [0, 0.05) is 0 Å². The number of phenols is 1. The fraction of sp³-hybridized carbons (Fsp3) is 0.138. The van der Waals surface area contributed by atoms with E-state index in [1.807, 2.05) is 78.9 Å². The Hall–Kier alpha value is -2.99. The second kappa shape index (κ2) is 12.5. The number of unbranched alkanes of at least 4 members (excludes halogenated alkanes) is 1. The third-order valence-corrected chi connectivity index (χ3v) is 13.8. The van der Waals surface area contributed by atoms with Gasteiger partial charge in [-0.2, -0.15) is 0 Å². The van der Waals surface area contributed by atoms with Crippen LogP contribution >= 0.6 is 16.8 Å². The summed E-state index contributed by atoms with van der Waals surface area (Å²) < 4.78 is 4.63. The van der Waals surface area contributed by atoms with Gasteiger partial charge >= 0.3 is 199 Å². The van der Waals surface area contributed by atoms with Gasteiger partial charge in [0.05, 0.1) is 0 Å². The number of nitrogens with one attached hydrogen (secondary N) is 2. The molecule has 190 valence electrons. The molecule has 0 saturated carbocycles. The van der Waals surface area contributed by atoms with Crippen LogP contribution in [0.15, 0.2) is 102 Å². The molecular weight excluding hydrogens is 690 g/mol. The van der Waals surface area contributed by atoms with Crippen LogP contribution in [0.3, 0.4) is 0 Å². The SMILES string of the molecule is O=C(NCCCCN=C1C=C(c2ccccc2O)NC2=CC=I[I-]N21)c1ccccc1-c1ccccc1. The van der Waals surface area contributed by atoms with E-state index in [9.17, 15) is 9.90 Å². The van der Waals surface area contributed by atoms with Gasteiger partial charge in [-0.05, 0) is 0 Å². The van der Waals surface area contributed by atoms with Crippen LogP contribution in [0.25, 0.3) is 16.8 Å². The van der Waals surface area contributed by atoms with Crippen LogP contribution < -0.4 is 28.1 Å². The molecule has 2 aliphatic rings. The van der Waals surface area contributed by atoms with Gasteiger partial charge < -0.3 is 0 Å². The van der Waals surface area contributed by atoms with E-state index in [4.69, 9.17) is 4.99 Å². The number of benzene rings is 3. The normalized spacial score (nSPS) is 15.9. The molecule has 37 heavy (non-hydrogen) atoms. The van der Waals surface area contributed by atoms with Crippen molar-refractivity contribution in [3.8, 4) is 16.9 Å². The molecule has 2 heterocycles. The number of halogens is 2. The first-order chi connectivity index (χ1) is 18.2. The number of para-hydroxylation sites is 1. The molecule has 0 bridgehead atoms. The van der Waals surface area contributed by atoms with E-state index in [1.54, 1.807) is 6.07 Å². The maximum absolute atomic E-state index is 12.9. The van der Waals surface area contributed by atoms with Gasteiger partial charge in [0.1, 0.15) is 0 Å². The molecular formula is C29H27I2N4O2-. The zero-order valence-corrected chi connectivity index (χ0v) is 24.4. The smallest absolute Gasteiger partial charge is 0.0622 e. The maximum atomic E-state index is 12.9. The summed E-state index contributed by atoms with van der Waals surface area (Å²) in [6.45, 7) is 1.29. The van der Waals surface area contributed by atoms with Crippen LogP contribution in [-0.4, -0.2) is 37.1 Å². The van der Waals surface area contributed by atoms with Crippen molar-refractivity contribution in [2.45, 2.75) is 12.8 Å². The summed E-state index contributed by atoms with van der Waals surface area (Å²) in [4.78, 5) is 17.8. The summed E-state index contributed by atoms with van der Waals surface area (Å²) in [6, 6.07) is 25.1. The summed E-state index contributed by atoms with van der Waals surface area (Å²) in [6.07, 6.45) is 5.91. The first kappa shape index (κ1) is 25.7. The zero-order valence-electron chi connectivity index (χ0n) is 20.1. The van der Waals surface area contributed by atoms with Gasteiger partial charge in [0.25, 0.3) is 0 Å². The number of hydrogen-bond donors (Lipinski definition) is 3. The van der Waals surface area contributed by atoms with Crippen molar-refractivity contribution in [1.82, 2.24) is 13.7 Å². The number of phenolic OH excluding ortho intramolecular Hbond substituents is 1. The van der Waals surface area contributed by atoms with Gasteiger partial charge in [-0.25, -0.2) is 0 Å². The second-order valence-electron chi connectivity index (χ2n) is 8.42. The second-order valence-corrected chi connectivity index (χ2v) is 16.5. The van der Waals surface area contributed by atoms with Crippen molar-refractivity contribution in [3.05, 3.63) is 108 Å². The number of fused-ring (bicyclic) bond motifs is 1. The standard InChI is InChI=1S/C29H27I2N4O2/c36-26-15-7-6-14-24(26)25-20-28(35-27(34-25)16-17-30-31-35)32-18-8-9-19-33-29(37)23-13-5-4-12-22(23)21-10-2-1-3-11-21/h1-7,10-17,20,34,36H,8-9,18-19H2,(H,33,37)/q-1. The Morgan fingerprint density at radius 1 is 0.973 bits per heavy atom. The third kappa shape index (κ3) is 6.30. The number of amidine groups is 1. The monoisotopic (exact) mass is 717 g/mol. The van der Waals surface area contributed by atoms with E-state index < -0.39 is 0 Å². The third-order valence-electron chi connectivity index (χ3n) is 5.91. The molecule has 0 aliphatic carbocycles. The van der Waals surface area contributed by atoms with Gasteiger partial charge in [-0.15, -0.1) is 0 Å². The number of nitrogens with zero attached hydrogens (tertiary/aromatic N) is 2. The molecule has 6 nitrogen and oxygen atoms in total. The number of carbonyl (C=O) groups is 1. The number of allylic oxidation sites excluding steroid dienone is 1. The summed E-state index contributed by atoms with van der Waals surface area (Å²) in [5, 5.41) is 16.9. The molecule has 5 rings (SSSR count). The molecule has 0 spiro atoms. The Morgan fingerprint density at radius 2 is 1.73 bits per heavy atom. The van der Waals surface area contributed by atoms with E-state index in [1.165, 1.54) is 0 Å². The van der Waals surface area contributed by atoms with Crippen molar-refractivity contribution in [1.29, 1.82) is 0 Å². The van der Waals surface area contributed by atoms with Gasteiger partial charge in [-0.1, -0.05) is 36.4 Å².